The van der Waals surface area contributed by atoms with E-state index in [1.54, 1.807) is 6.20 Å². The fraction of sp³-hybridized carbons (Fsp3) is 0.667. The highest BCUT2D eigenvalue weighted by Crippen LogP contribution is 2.20. The summed E-state index contributed by atoms with van der Waals surface area (Å²) in [5, 5.41) is 5.47. The summed E-state index contributed by atoms with van der Waals surface area (Å²) < 4.78 is 0. The van der Waals surface area contributed by atoms with Gasteiger partial charge in [0.2, 0.25) is 5.91 Å². The topological polar surface area (TPSA) is 45.2 Å². The first-order chi connectivity index (χ1) is 8.16. The van der Waals surface area contributed by atoms with Crippen molar-refractivity contribution in [3.63, 3.8) is 0 Å². The van der Waals surface area contributed by atoms with Gasteiger partial charge in [-0.2, -0.15) is 0 Å². The van der Waals surface area contributed by atoms with Crippen LogP contribution >= 0.6 is 11.3 Å². The molecule has 1 aliphatic rings. The van der Waals surface area contributed by atoms with Gasteiger partial charge in [0, 0.05) is 24.2 Å². The van der Waals surface area contributed by atoms with Crippen molar-refractivity contribution in [3.8, 4) is 0 Å². The lowest BCUT2D eigenvalue weighted by Crippen LogP contribution is -2.43. The Morgan fingerprint density at radius 2 is 2.47 bits per heavy atom. The van der Waals surface area contributed by atoms with Crippen molar-refractivity contribution in [2.75, 3.05) is 18.4 Å². The lowest BCUT2D eigenvalue weighted by molar-refractivity contribution is -0.121. The summed E-state index contributed by atoms with van der Waals surface area (Å²) >= 11 is 1.47. The van der Waals surface area contributed by atoms with Crippen LogP contribution in [0.2, 0.25) is 0 Å². The van der Waals surface area contributed by atoms with Gasteiger partial charge in [-0.25, -0.2) is 4.98 Å². The van der Waals surface area contributed by atoms with E-state index >= 15 is 0 Å². The van der Waals surface area contributed by atoms with Crippen LogP contribution < -0.4 is 5.32 Å². The normalized spacial score (nSPS) is 21.7. The summed E-state index contributed by atoms with van der Waals surface area (Å²) in [4.78, 5) is 18.5. The van der Waals surface area contributed by atoms with Crippen LogP contribution in [0, 0.1) is 5.92 Å². The largest absolute Gasteiger partial charge is 0.302 e. The number of amides is 1. The Labute approximate surface area is 106 Å². The number of anilines is 1. The van der Waals surface area contributed by atoms with Crippen LogP contribution in [0.25, 0.3) is 0 Å². The molecular formula is C12H19N3OS. The van der Waals surface area contributed by atoms with Gasteiger partial charge in [-0.1, -0.05) is 0 Å². The van der Waals surface area contributed by atoms with Crippen LogP contribution in [-0.4, -0.2) is 34.9 Å². The zero-order valence-corrected chi connectivity index (χ0v) is 11.2. The molecule has 1 aromatic heterocycles. The molecule has 4 nitrogen and oxygen atoms in total. The molecule has 1 fully saturated rings. The van der Waals surface area contributed by atoms with Crippen molar-refractivity contribution >= 4 is 22.4 Å². The molecule has 2 rings (SSSR count). The molecule has 0 saturated carbocycles. The van der Waals surface area contributed by atoms with Crippen LogP contribution in [0.4, 0.5) is 5.13 Å². The molecule has 17 heavy (non-hydrogen) atoms. The maximum atomic E-state index is 12.1. The van der Waals surface area contributed by atoms with E-state index in [0.717, 1.165) is 25.9 Å². The van der Waals surface area contributed by atoms with Crippen molar-refractivity contribution in [1.29, 1.82) is 0 Å². The summed E-state index contributed by atoms with van der Waals surface area (Å²) in [6, 6.07) is 0.519. The molecule has 0 aromatic carbocycles. The Morgan fingerprint density at radius 3 is 3.12 bits per heavy atom. The summed E-state index contributed by atoms with van der Waals surface area (Å²) in [5.74, 6) is 0.223. The predicted molar refractivity (Wildman–Crippen MR) is 70.2 cm³/mol. The molecule has 0 radical (unpaired) electrons. The Hall–Kier alpha value is -0.940. The van der Waals surface area contributed by atoms with Crippen LogP contribution in [0.3, 0.4) is 0 Å². The van der Waals surface area contributed by atoms with Gasteiger partial charge in [0.15, 0.2) is 5.13 Å². The van der Waals surface area contributed by atoms with Crippen molar-refractivity contribution < 1.29 is 4.79 Å². The summed E-state index contributed by atoms with van der Waals surface area (Å²) in [7, 11) is 0. The summed E-state index contributed by atoms with van der Waals surface area (Å²) in [6.07, 6.45) is 3.80. The number of nitrogens with zero attached hydrogens (tertiary/aromatic N) is 2. The first-order valence-electron chi connectivity index (χ1n) is 6.11. The molecular weight excluding hydrogens is 234 g/mol. The Morgan fingerprint density at radius 1 is 1.65 bits per heavy atom. The third-order valence-electron chi connectivity index (χ3n) is 3.22. The quantitative estimate of drug-likeness (QED) is 0.898. The predicted octanol–water partition coefficient (Wildman–Crippen LogP) is 2.20. The number of piperidine rings is 1. The molecule has 1 aromatic rings. The van der Waals surface area contributed by atoms with Gasteiger partial charge in [-0.15, -0.1) is 11.3 Å². The number of nitrogens with one attached hydrogen (secondary N) is 1. The van der Waals surface area contributed by atoms with Crippen molar-refractivity contribution in [2.24, 2.45) is 5.92 Å². The van der Waals surface area contributed by atoms with Gasteiger partial charge in [-0.3, -0.25) is 4.79 Å². The molecule has 0 bridgehead atoms. The Balaban J connectivity index is 1.91. The van der Waals surface area contributed by atoms with Crippen LogP contribution in [-0.2, 0) is 4.79 Å². The minimum absolute atomic E-state index is 0.107. The van der Waals surface area contributed by atoms with Crippen molar-refractivity contribution in [1.82, 2.24) is 9.88 Å². The lowest BCUT2D eigenvalue weighted by atomic mass is 9.96. The van der Waals surface area contributed by atoms with Gasteiger partial charge in [0.1, 0.15) is 0 Å². The molecule has 94 valence electrons. The van der Waals surface area contributed by atoms with Crippen LogP contribution in [0.1, 0.15) is 26.7 Å². The molecule has 1 unspecified atom stereocenters. The number of carbonyl (C=O) groups excluding carboxylic acids is 1. The minimum atomic E-state index is 0.107. The molecule has 0 spiro atoms. The van der Waals surface area contributed by atoms with E-state index in [9.17, 15) is 4.79 Å². The maximum absolute atomic E-state index is 12.1. The molecule has 1 saturated heterocycles. The molecule has 1 N–H and O–H groups in total. The highest BCUT2D eigenvalue weighted by molar-refractivity contribution is 7.13. The maximum Gasteiger partial charge on any atom is 0.230 e. The molecule has 1 atom stereocenters. The number of hydrogen-bond donors (Lipinski definition) is 1. The van der Waals surface area contributed by atoms with E-state index in [1.807, 2.05) is 5.38 Å². The standard InChI is InChI=1S/C12H19N3OS/c1-9(2)15-6-3-4-10(8-15)11(16)14-12-13-5-7-17-12/h5,7,9-10H,3-4,6,8H2,1-2H3,(H,13,14,16). The van der Waals surface area contributed by atoms with Gasteiger partial charge >= 0.3 is 0 Å². The van der Waals surface area contributed by atoms with E-state index in [2.05, 4.69) is 29.0 Å². The molecule has 1 amide bonds. The summed E-state index contributed by atoms with van der Waals surface area (Å²) in [6.45, 7) is 6.34. The van der Waals surface area contributed by atoms with E-state index in [4.69, 9.17) is 0 Å². The number of aromatic nitrogens is 1. The Kier molecular flexibility index (Phi) is 4.12. The summed E-state index contributed by atoms with van der Waals surface area (Å²) in [5.41, 5.74) is 0. The lowest BCUT2D eigenvalue weighted by Gasteiger charge is -2.34. The Bertz CT molecular complexity index is 364. The smallest absolute Gasteiger partial charge is 0.230 e. The van der Waals surface area contributed by atoms with E-state index in [1.165, 1.54) is 11.3 Å². The average molecular weight is 253 g/mol. The fourth-order valence-corrected chi connectivity index (χ4v) is 2.71. The van der Waals surface area contributed by atoms with Crippen molar-refractivity contribution in [3.05, 3.63) is 11.6 Å². The third-order valence-corrected chi connectivity index (χ3v) is 3.90. The van der Waals surface area contributed by atoms with E-state index < -0.39 is 0 Å². The number of rotatable bonds is 3. The zero-order chi connectivity index (χ0) is 12.3. The average Bonchev–Trinajstić information content (AvgIpc) is 2.82. The zero-order valence-electron chi connectivity index (χ0n) is 10.3. The minimum Gasteiger partial charge on any atom is -0.302 e. The number of likely N-dealkylation sites (tertiary alicyclic amines) is 1. The van der Waals surface area contributed by atoms with Gasteiger partial charge in [-0.05, 0) is 33.2 Å². The van der Waals surface area contributed by atoms with Gasteiger partial charge in [0.05, 0.1) is 5.92 Å². The second-order valence-electron chi connectivity index (χ2n) is 4.75. The molecule has 2 heterocycles. The monoisotopic (exact) mass is 253 g/mol. The number of carbonyl (C=O) groups is 1. The van der Waals surface area contributed by atoms with Gasteiger partial charge < -0.3 is 10.2 Å². The third kappa shape index (κ3) is 3.26. The second kappa shape index (κ2) is 5.60. The first-order valence-corrected chi connectivity index (χ1v) is 6.99. The number of thiazole rings is 1. The molecule has 1 aliphatic heterocycles. The number of hydrogen-bond acceptors (Lipinski definition) is 4. The van der Waals surface area contributed by atoms with Gasteiger partial charge in [0.25, 0.3) is 0 Å². The van der Waals surface area contributed by atoms with Crippen LogP contribution in [0.5, 0.6) is 0 Å². The highest BCUT2D eigenvalue weighted by Gasteiger charge is 2.27. The molecule has 5 heteroatoms. The highest BCUT2D eigenvalue weighted by atomic mass is 32.1. The van der Waals surface area contributed by atoms with E-state index in [-0.39, 0.29) is 11.8 Å². The first kappa shape index (κ1) is 12.5. The second-order valence-corrected chi connectivity index (χ2v) is 5.65. The van der Waals surface area contributed by atoms with Crippen LogP contribution in [0.15, 0.2) is 11.6 Å². The van der Waals surface area contributed by atoms with Crippen molar-refractivity contribution in [2.45, 2.75) is 32.7 Å². The fourth-order valence-electron chi connectivity index (χ4n) is 2.18. The molecule has 0 aliphatic carbocycles. The SMILES string of the molecule is CC(C)N1CCCC(C(=O)Nc2nccs2)C1. The van der Waals surface area contributed by atoms with E-state index in [0.29, 0.717) is 11.2 Å².